The van der Waals surface area contributed by atoms with Gasteiger partial charge in [0.25, 0.3) is 15.0 Å². The van der Waals surface area contributed by atoms with E-state index < -0.39 is 27.6 Å². The smallest absolute Gasteiger partial charge is 0.318 e. The van der Waals surface area contributed by atoms with Crippen molar-refractivity contribution in [2.45, 2.75) is 11.8 Å². The van der Waals surface area contributed by atoms with E-state index in [0.717, 1.165) is 0 Å². The average Bonchev–Trinajstić information content (AvgIpc) is 2.25. The van der Waals surface area contributed by atoms with E-state index in [-0.39, 0.29) is 10.6 Å². The van der Waals surface area contributed by atoms with Crippen molar-refractivity contribution in [3.63, 3.8) is 0 Å². The van der Waals surface area contributed by atoms with Crippen LogP contribution in [0.1, 0.15) is 5.56 Å². The summed E-state index contributed by atoms with van der Waals surface area (Å²) in [6.07, 6.45) is 0. The van der Waals surface area contributed by atoms with Crippen LogP contribution in [0.4, 0.5) is 4.79 Å². The van der Waals surface area contributed by atoms with Crippen molar-refractivity contribution >= 4 is 31.7 Å². The molecular weight excluding hydrogens is 296 g/mol. The van der Waals surface area contributed by atoms with Gasteiger partial charge >= 0.3 is 6.03 Å². The summed E-state index contributed by atoms with van der Waals surface area (Å²) in [5, 5.41) is 1.78. The van der Waals surface area contributed by atoms with Crippen molar-refractivity contribution in [2.75, 3.05) is 6.61 Å². The minimum atomic E-state index is -4.00. The predicted molar refractivity (Wildman–Crippen MR) is 67.4 cm³/mol. The zero-order valence-electron chi connectivity index (χ0n) is 9.84. The van der Waals surface area contributed by atoms with Crippen molar-refractivity contribution in [2.24, 2.45) is 5.73 Å². The molecule has 0 aliphatic carbocycles. The molecular formula is C10H11ClN2O5S. The van der Waals surface area contributed by atoms with Gasteiger partial charge in [0, 0.05) is 10.7 Å². The van der Waals surface area contributed by atoms with E-state index in [9.17, 15) is 18.0 Å². The first-order chi connectivity index (χ1) is 8.70. The van der Waals surface area contributed by atoms with E-state index in [1.54, 1.807) is 18.3 Å². The number of amides is 3. The van der Waals surface area contributed by atoms with E-state index in [1.807, 2.05) is 0 Å². The fourth-order valence-electron chi connectivity index (χ4n) is 1.24. The standard InChI is InChI=1S/C10H11ClN2O5S/c1-6-2-3-7(8(4-6)19(11,16)17)18-5-9(14)13-10(12)15/h2-4H,5H2,1H3,(H3,12,13,14,15). The molecule has 0 radical (unpaired) electrons. The van der Waals surface area contributed by atoms with Gasteiger partial charge in [0.2, 0.25) is 0 Å². The molecule has 0 bridgehead atoms. The van der Waals surface area contributed by atoms with E-state index in [4.69, 9.17) is 21.2 Å². The Kier molecular flexibility index (Phi) is 4.73. The minimum Gasteiger partial charge on any atom is -0.482 e. The molecule has 19 heavy (non-hydrogen) atoms. The lowest BCUT2D eigenvalue weighted by molar-refractivity contribution is -0.122. The zero-order chi connectivity index (χ0) is 14.6. The Balaban J connectivity index is 2.90. The minimum absolute atomic E-state index is 0.0831. The number of aryl methyl sites for hydroxylation is 1. The number of primary amides is 1. The number of carbonyl (C=O) groups excluding carboxylic acids is 2. The number of nitrogens with two attached hydrogens (primary N) is 1. The van der Waals surface area contributed by atoms with Crippen molar-refractivity contribution in [3.8, 4) is 5.75 Å². The lowest BCUT2D eigenvalue weighted by Crippen LogP contribution is -2.38. The van der Waals surface area contributed by atoms with Gasteiger partial charge in [0.05, 0.1) is 0 Å². The largest absolute Gasteiger partial charge is 0.482 e. The van der Waals surface area contributed by atoms with Crippen LogP contribution in [0.3, 0.4) is 0 Å². The molecule has 1 aromatic carbocycles. The quantitative estimate of drug-likeness (QED) is 0.786. The number of hydrogen-bond donors (Lipinski definition) is 2. The summed E-state index contributed by atoms with van der Waals surface area (Å²) < 4.78 is 27.7. The number of hydrogen-bond acceptors (Lipinski definition) is 5. The molecule has 0 atom stereocenters. The third kappa shape index (κ3) is 4.76. The fourth-order valence-corrected chi connectivity index (χ4v) is 2.30. The summed E-state index contributed by atoms with van der Waals surface area (Å²) in [4.78, 5) is 21.3. The van der Waals surface area contributed by atoms with E-state index in [0.29, 0.717) is 5.56 Å². The molecule has 7 nitrogen and oxygen atoms in total. The Hall–Kier alpha value is -1.80. The Labute approximate surface area is 114 Å². The second-order valence-electron chi connectivity index (χ2n) is 3.59. The fraction of sp³-hybridized carbons (Fsp3) is 0.200. The SMILES string of the molecule is Cc1ccc(OCC(=O)NC(N)=O)c(S(=O)(=O)Cl)c1. The molecule has 104 valence electrons. The number of carbonyl (C=O) groups is 2. The molecule has 1 aromatic rings. The molecule has 0 unspecified atom stereocenters. The number of benzene rings is 1. The van der Waals surface area contributed by atoms with Crippen LogP contribution in [0.15, 0.2) is 23.1 Å². The first-order valence-corrected chi connectivity index (χ1v) is 7.28. The first-order valence-electron chi connectivity index (χ1n) is 4.97. The van der Waals surface area contributed by atoms with E-state index >= 15 is 0 Å². The summed E-state index contributed by atoms with van der Waals surface area (Å²) in [7, 11) is 1.25. The van der Waals surface area contributed by atoms with Crippen molar-refractivity contribution in [3.05, 3.63) is 23.8 Å². The van der Waals surface area contributed by atoms with Crippen molar-refractivity contribution < 1.29 is 22.7 Å². The van der Waals surface area contributed by atoms with Gasteiger partial charge in [-0.1, -0.05) is 6.07 Å². The Morgan fingerprint density at radius 1 is 1.42 bits per heavy atom. The molecule has 3 N–H and O–H groups in total. The molecule has 0 saturated heterocycles. The van der Waals surface area contributed by atoms with Crippen LogP contribution >= 0.6 is 10.7 Å². The van der Waals surface area contributed by atoms with Gasteiger partial charge in [0.15, 0.2) is 6.61 Å². The second kappa shape index (κ2) is 5.89. The number of rotatable bonds is 4. The molecule has 0 spiro atoms. The van der Waals surface area contributed by atoms with E-state index in [2.05, 4.69) is 0 Å². The molecule has 0 fully saturated rings. The van der Waals surface area contributed by atoms with Crippen molar-refractivity contribution in [1.29, 1.82) is 0 Å². The Bertz CT molecular complexity index is 614. The van der Waals surface area contributed by atoms with Crippen LogP contribution < -0.4 is 15.8 Å². The van der Waals surface area contributed by atoms with Gasteiger partial charge < -0.3 is 10.5 Å². The maximum absolute atomic E-state index is 11.3. The summed E-state index contributed by atoms with van der Waals surface area (Å²) in [5.74, 6) is -0.883. The highest BCUT2D eigenvalue weighted by atomic mass is 35.7. The van der Waals surface area contributed by atoms with Gasteiger partial charge in [0.1, 0.15) is 10.6 Å². The molecule has 0 aliphatic rings. The molecule has 0 aromatic heterocycles. The molecule has 0 saturated carbocycles. The monoisotopic (exact) mass is 306 g/mol. The highest BCUT2D eigenvalue weighted by Gasteiger charge is 2.18. The summed E-state index contributed by atoms with van der Waals surface area (Å²) in [6.45, 7) is 1.11. The van der Waals surface area contributed by atoms with Crippen LogP contribution in [0, 0.1) is 6.92 Å². The molecule has 0 aliphatic heterocycles. The normalized spacial score (nSPS) is 10.8. The Morgan fingerprint density at radius 3 is 2.58 bits per heavy atom. The number of urea groups is 1. The number of imide groups is 1. The number of halogens is 1. The second-order valence-corrected chi connectivity index (χ2v) is 6.12. The zero-order valence-corrected chi connectivity index (χ0v) is 11.4. The lowest BCUT2D eigenvalue weighted by Gasteiger charge is -2.09. The summed E-state index contributed by atoms with van der Waals surface area (Å²) >= 11 is 0. The summed E-state index contributed by atoms with van der Waals surface area (Å²) in [5.41, 5.74) is 5.40. The topological polar surface area (TPSA) is 116 Å². The van der Waals surface area contributed by atoms with Gasteiger partial charge in [-0.25, -0.2) is 13.2 Å². The average molecular weight is 307 g/mol. The van der Waals surface area contributed by atoms with Crippen LogP contribution in [-0.2, 0) is 13.8 Å². The molecule has 3 amide bonds. The van der Waals surface area contributed by atoms with Crippen LogP contribution in [0.2, 0.25) is 0 Å². The lowest BCUT2D eigenvalue weighted by atomic mass is 10.2. The summed E-state index contributed by atoms with van der Waals surface area (Å²) in [6, 6.07) is 3.24. The molecule has 0 heterocycles. The highest BCUT2D eigenvalue weighted by molar-refractivity contribution is 8.13. The van der Waals surface area contributed by atoms with Gasteiger partial charge in [-0.3, -0.25) is 10.1 Å². The third-order valence-corrected chi connectivity index (χ3v) is 3.33. The van der Waals surface area contributed by atoms with Gasteiger partial charge in [-0.05, 0) is 24.6 Å². The maximum Gasteiger partial charge on any atom is 0.318 e. The predicted octanol–water partition coefficient (Wildman–Crippen LogP) is 0.496. The van der Waals surface area contributed by atoms with Crippen LogP contribution in [-0.4, -0.2) is 27.0 Å². The Morgan fingerprint density at radius 2 is 2.05 bits per heavy atom. The van der Waals surface area contributed by atoms with E-state index in [1.165, 1.54) is 12.1 Å². The van der Waals surface area contributed by atoms with Gasteiger partial charge in [-0.15, -0.1) is 0 Å². The van der Waals surface area contributed by atoms with Crippen LogP contribution in [0.5, 0.6) is 5.75 Å². The maximum atomic E-state index is 11.3. The van der Waals surface area contributed by atoms with Crippen LogP contribution in [0.25, 0.3) is 0 Å². The van der Waals surface area contributed by atoms with Gasteiger partial charge in [-0.2, -0.15) is 0 Å². The highest BCUT2D eigenvalue weighted by Crippen LogP contribution is 2.27. The third-order valence-electron chi connectivity index (χ3n) is 1.98. The molecule has 1 rings (SSSR count). The number of nitrogens with one attached hydrogen (secondary N) is 1. The molecule has 9 heteroatoms. The van der Waals surface area contributed by atoms with Crippen molar-refractivity contribution in [1.82, 2.24) is 5.32 Å². The first kappa shape index (κ1) is 15.3. The number of ether oxygens (including phenoxy) is 1.